The summed E-state index contributed by atoms with van der Waals surface area (Å²) in [6.07, 6.45) is 5.40. The molecule has 1 saturated heterocycles. The van der Waals surface area contributed by atoms with Crippen molar-refractivity contribution >= 4 is 11.8 Å². The van der Waals surface area contributed by atoms with E-state index >= 15 is 0 Å². The van der Waals surface area contributed by atoms with Crippen LogP contribution in [0.25, 0.3) is 0 Å². The molecule has 1 N–H and O–H groups in total. The Hall–Kier alpha value is -1.78. The third kappa shape index (κ3) is 3.35. The van der Waals surface area contributed by atoms with Gasteiger partial charge in [-0.15, -0.1) is 0 Å². The molecule has 0 radical (unpaired) electrons. The van der Waals surface area contributed by atoms with Crippen molar-refractivity contribution in [1.82, 2.24) is 10.3 Å². The number of ether oxygens (including phenoxy) is 1. The molecule has 0 unspecified atom stereocenters. The summed E-state index contributed by atoms with van der Waals surface area (Å²) < 4.78 is 5.09. The first-order valence-corrected chi connectivity index (χ1v) is 6.29. The zero-order chi connectivity index (χ0) is 12.8. The highest BCUT2D eigenvalue weighted by Gasteiger charge is 2.20. The maximum absolute atomic E-state index is 11.0. The molecule has 98 valence electrons. The molecule has 0 aromatic carbocycles. The van der Waals surface area contributed by atoms with E-state index in [0.29, 0.717) is 12.5 Å². The Kier molecular flexibility index (Phi) is 4.39. The maximum Gasteiger partial charge on any atom is 0.406 e. The smallest absolute Gasteiger partial charge is 0.406 e. The summed E-state index contributed by atoms with van der Waals surface area (Å²) >= 11 is 0. The Morgan fingerprint density at radius 3 is 2.72 bits per heavy atom. The van der Waals surface area contributed by atoms with E-state index in [1.54, 1.807) is 7.05 Å². The number of nitrogens with zero attached hydrogens (tertiary/aromatic N) is 2. The predicted molar refractivity (Wildman–Crippen MR) is 69.6 cm³/mol. The largest absolute Gasteiger partial charge is 0.449 e. The second-order valence-electron chi connectivity index (χ2n) is 4.48. The van der Waals surface area contributed by atoms with Crippen LogP contribution < -0.4 is 10.2 Å². The Morgan fingerprint density at radius 2 is 2.11 bits per heavy atom. The number of rotatable bonds is 3. The maximum atomic E-state index is 11.0. The zero-order valence-electron chi connectivity index (χ0n) is 10.6. The van der Waals surface area contributed by atoms with E-state index in [4.69, 9.17) is 4.74 Å². The molecule has 1 aliphatic heterocycles. The van der Waals surface area contributed by atoms with Crippen molar-refractivity contribution in [3.05, 3.63) is 24.5 Å². The fraction of sp³-hybridized carbons (Fsp3) is 0.538. The number of piperidine rings is 1. The zero-order valence-corrected chi connectivity index (χ0v) is 10.6. The van der Waals surface area contributed by atoms with E-state index in [0.717, 1.165) is 25.9 Å². The fourth-order valence-corrected chi connectivity index (χ4v) is 2.18. The first-order chi connectivity index (χ1) is 8.79. The third-order valence-corrected chi connectivity index (χ3v) is 3.30. The number of amides is 1. The van der Waals surface area contributed by atoms with Gasteiger partial charge in [0.15, 0.2) is 0 Å². The minimum absolute atomic E-state index is 0.341. The van der Waals surface area contributed by atoms with Gasteiger partial charge >= 0.3 is 6.09 Å². The summed E-state index contributed by atoms with van der Waals surface area (Å²) in [5.41, 5.74) is 1.22. The summed E-state index contributed by atoms with van der Waals surface area (Å²) in [6.45, 7) is 2.53. The summed E-state index contributed by atoms with van der Waals surface area (Å²) in [5, 5.41) is 2.46. The molecule has 0 saturated carbocycles. The van der Waals surface area contributed by atoms with Crippen molar-refractivity contribution in [2.45, 2.75) is 12.8 Å². The molecule has 5 nitrogen and oxygen atoms in total. The van der Waals surface area contributed by atoms with Crippen LogP contribution >= 0.6 is 0 Å². The average Bonchev–Trinajstić information content (AvgIpc) is 2.46. The van der Waals surface area contributed by atoms with E-state index in [9.17, 15) is 4.79 Å². The van der Waals surface area contributed by atoms with Crippen LogP contribution in [0.2, 0.25) is 0 Å². The predicted octanol–water partition coefficient (Wildman–Crippen LogP) is 1.65. The first-order valence-electron chi connectivity index (χ1n) is 6.29. The normalized spacial score (nSPS) is 16.4. The molecular formula is C13H19N3O2. The summed E-state index contributed by atoms with van der Waals surface area (Å²) in [7, 11) is 1.58. The van der Waals surface area contributed by atoms with Crippen molar-refractivity contribution in [2.75, 3.05) is 31.6 Å². The van der Waals surface area contributed by atoms with Crippen LogP contribution in [0, 0.1) is 5.92 Å². The molecule has 0 atom stereocenters. The van der Waals surface area contributed by atoms with Gasteiger partial charge in [-0.3, -0.25) is 4.98 Å². The van der Waals surface area contributed by atoms with Crippen LogP contribution in [0.3, 0.4) is 0 Å². The number of nitrogens with one attached hydrogen (secondary N) is 1. The Morgan fingerprint density at radius 1 is 1.44 bits per heavy atom. The molecule has 2 rings (SSSR count). The molecule has 1 aromatic heterocycles. The highest BCUT2D eigenvalue weighted by molar-refractivity contribution is 5.66. The number of pyridine rings is 1. The lowest BCUT2D eigenvalue weighted by molar-refractivity contribution is 0.122. The topological polar surface area (TPSA) is 54.5 Å². The molecule has 0 spiro atoms. The standard InChI is InChI=1S/C13H19N3O2/c1-14-13(17)18-10-11-4-8-16(9-5-11)12-2-6-15-7-3-12/h2-3,6-7,11H,4-5,8-10H2,1H3,(H,14,17). The SMILES string of the molecule is CNC(=O)OCC1CCN(c2ccncc2)CC1. The van der Waals surface area contributed by atoms with Gasteiger partial charge in [0.25, 0.3) is 0 Å². The highest BCUT2D eigenvalue weighted by atomic mass is 16.5. The van der Waals surface area contributed by atoms with E-state index < -0.39 is 0 Å². The van der Waals surface area contributed by atoms with Gasteiger partial charge in [0.1, 0.15) is 0 Å². The lowest BCUT2D eigenvalue weighted by atomic mass is 9.97. The average molecular weight is 249 g/mol. The van der Waals surface area contributed by atoms with Gasteiger partial charge in [-0.2, -0.15) is 0 Å². The molecule has 5 heteroatoms. The van der Waals surface area contributed by atoms with E-state index in [2.05, 4.69) is 15.2 Å². The number of alkyl carbamates (subject to hydrolysis) is 1. The van der Waals surface area contributed by atoms with Crippen LogP contribution in [0.1, 0.15) is 12.8 Å². The van der Waals surface area contributed by atoms with Gasteiger partial charge in [0.05, 0.1) is 6.61 Å². The number of carbonyl (C=O) groups is 1. The summed E-state index contributed by atoms with van der Waals surface area (Å²) in [5.74, 6) is 0.473. The second kappa shape index (κ2) is 6.23. The number of hydrogen-bond donors (Lipinski definition) is 1. The van der Waals surface area contributed by atoms with Gasteiger partial charge < -0.3 is 15.0 Å². The number of hydrogen-bond acceptors (Lipinski definition) is 4. The van der Waals surface area contributed by atoms with Gasteiger partial charge in [0.2, 0.25) is 0 Å². The van der Waals surface area contributed by atoms with E-state index in [1.165, 1.54) is 5.69 Å². The van der Waals surface area contributed by atoms with Crippen molar-refractivity contribution in [3.8, 4) is 0 Å². The first kappa shape index (κ1) is 12.7. The highest BCUT2D eigenvalue weighted by Crippen LogP contribution is 2.22. The van der Waals surface area contributed by atoms with Crippen LogP contribution in [-0.4, -0.2) is 37.8 Å². The van der Waals surface area contributed by atoms with Gasteiger partial charge in [-0.1, -0.05) is 0 Å². The second-order valence-corrected chi connectivity index (χ2v) is 4.48. The molecule has 0 bridgehead atoms. The number of aromatic nitrogens is 1. The monoisotopic (exact) mass is 249 g/mol. The molecule has 1 aliphatic rings. The van der Waals surface area contributed by atoms with Gasteiger partial charge in [0, 0.05) is 38.2 Å². The minimum atomic E-state index is -0.341. The molecule has 18 heavy (non-hydrogen) atoms. The lowest BCUT2D eigenvalue weighted by Gasteiger charge is -2.33. The summed E-state index contributed by atoms with van der Waals surface area (Å²) in [6, 6.07) is 4.06. The summed E-state index contributed by atoms with van der Waals surface area (Å²) in [4.78, 5) is 17.4. The quantitative estimate of drug-likeness (QED) is 0.885. The molecule has 0 aliphatic carbocycles. The van der Waals surface area contributed by atoms with Gasteiger partial charge in [-0.25, -0.2) is 4.79 Å². The van der Waals surface area contributed by atoms with E-state index in [-0.39, 0.29) is 6.09 Å². The van der Waals surface area contributed by atoms with Crippen LogP contribution in [0.4, 0.5) is 10.5 Å². The fourth-order valence-electron chi connectivity index (χ4n) is 2.18. The van der Waals surface area contributed by atoms with Crippen LogP contribution in [0.5, 0.6) is 0 Å². The van der Waals surface area contributed by atoms with Crippen molar-refractivity contribution in [1.29, 1.82) is 0 Å². The molecular weight excluding hydrogens is 230 g/mol. The Balaban J connectivity index is 1.76. The molecule has 1 aromatic rings. The van der Waals surface area contributed by atoms with Crippen LogP contribution in [0.15, 0.2) is 24.5 Å². The van der Waals surface area contributed by atoms with Crippen LogP contribution in [-0.2, 0) is 4.74 Å². The molecule has 1 fully saturated rings. The van der Waals surface area contributed by atoms with Gasteiger partial charge in [-0.05, 0) is 30.9 Å². The third-order valence-electron chi connectivity index (χ3n) is 3.30. The van der Waals surface area contributed by atoms with Crippen molar-refractivity contribution < 1.29 is 9.53 Å². The van der Waals surface area contributed by atoms with Crippen molar-refractivity contribution in [3.63, 3.8) is 0 Å². The molecule has 1 amide bonds. The lowest BCUT2D eigenvalue weighted by Crippen LogP contribution is -2.35. The number of anilines is 1. The van der Waals surface area contributed by atoms with Crippen molar-refractivity contribution in [2.24, 2.45) is 5.92 Å². The van der Waals surface area contributed by atoms with E-state index in [1.807, 2.05) is 24.5 Å². The molecule has 2 heterocycles. The Labute approximate surface area is 107 Å². The minimum Gasteiger partial charge on any atom is -0.449 e. The number of carbonyl (C=O) groups excluding carboxylic acids is 1. The Bertz CT molecular complexity index is 375.